The molecule has 0 unspecified atom stereocenters. The van der Waals surface area contributed by atoms with Gasteiger partial charge in [0.05, 0.1) is 11.4 Å². The Hall–Kier alpha value is -7.42. The van der Waals surface area contributed by atoms with Crippen molar-refractivity contribution in [1.82, 2.24) is 0 Å². The summed E-state index contributed by atoms with van der Waals surface area (Å²) in [7, 11) is 0. The van der Waals surface area contributed by atoms with Crippen molar-refractivity contribution in [3.05, 3.63) is 211 Å². The maximum absolute atomic E-state index is 7.23. The number of ether oxygens (including phenoxy) is 1. The summed E-state index contributed by atoms with van der Waals surface area (Å²) in [6.45, 7) is 4.73. The lowest BCUT2D eigenvalue weighted by Gasteiger charge is -2.32. The number of anilines is 3. The lowest BCUT2D eigenvalue weighted by molar-refractivity contribution is 0.488. The van der Waals surface area contributed by atoms with Gasteiger partial charge in [0.25, 0.3) is 0 Å². The Morgan fingerprint density at radius 1 is 0.373 bits per heavy atom. The summed E-state index contributed by atoms with van der Waals surface area (Å²) < 4.78 is 7.23. The Kier molecular flexibility index (Phi) is 7.31. The SMILES string of the molecule is CC1(C)c2ccccc2-c2ccc(N(c3cccc4c3-c3c(-c5ccccc5)cccc3-c3cc5ccccc5cc3O4)c3cc4ccccc4c4ccccc34)cc21. The van der Waals surface area contributed by atoms with Gasteiger partial charge in [-0.2, -0.15) is 0 Å². The Bertz CT molecular complexity index is 3340. The fourth-order valence-electron chi connectivity index (χ4n) is 10.0. The van der Waals surface area contributed by atoms with E-state index in [-0.39, 0.29) is 5.41 Å². The van der Waals surface area contributed by atoms with Crippen LogP contribution in [0.4, 0.5) is 17.1 Å². The molecule has 2 heteroatoms. The second kappa shape index (κ2) is 12.8. The molecule has 0 radical (unpaired) electrons. The molecule has 0 atom stereocenters. The molecular weight excluding hydrogens is 715 g/mol. The highest BCUT2D eigenvalue weighted by molar-refractivity contribution is 6.16. The highest BCUT2D eigenvalue weighted by Gasteiger charge is 2.37. The van der Waals surface area contributed by atoms with Crippen molar-refractivity contribution in [3.8, 4) is 56.0 Å². The van der Waals surface area contributed by atoms with Gasteiger partial charge in [-0.25, -0.2) is 0 Å². The van der Waals surface area contributed by atoms with E-state index >= 15 is 0 Å². The fraction of sp³-hybridized carbons (Fsp3) is 0.0526. The molecule has 278 valence electrons. The molecule has 0 N–H and O–H groups in total. The zero-order valence-corrected chi connectivity index (χ0v) is 32.9. The first kappa shape index (κ1) is 33.7. The molecule has 12 rings (SSSR count). The Balaban J connectivity index is 1.21. The molecule has 1 heterocycles. The third-order valence-electron chi connectivity index (χ3n) is 12.8. The van der Waals surface area contributed by atoms with E-state index in [2.05, 4.69) is 219 Å². The van der Waals surface area contributed by atoms with Gasteiger partial charge in [0, 0.05) is 33.2 Å². The first-order valence-corrected chi connectivity index (χ1v) is 20.5. The Morgan fingerprint density at radius 2 is 1.02 bits per heavy atom. The van der Waals surface area contributed by atoms with Crippen molar-refractivity contribution < 1.29 is 4.74 Å². The fourth-order valence-corrected chi connectivity index (χ4v) is 10.0. The summed E-state index contributed by atoms with van der Waals surface area (Å²) >= 11 is 0. The maximum atomic E-state index is 7.23. The average Bonchev–Trinajstić information content (AvgIpc) is 3.41. The van der Waals surface area contributed by atoms with Crippen LogP contribution < -0.4 is 9.64 Å². The minimum Gasteiger partial charge on any atom is -0.456 e. The van der Waals surface area contributed by atoms with Crippen molar-refractivity contribution in [1.29, 1.82) is 0 Å². The topological polar surface area (TPSA) is 12.5 Å². The van der Waals surface area contributed by atoms with Crippen LogP contribution in [0.3, 0.4) is 0 Å². The molecule has 2 aliphatic rings. The monoisotopic (exact) mass is 753 g/mol. The lowest BCUT2D eigenvalue weighted by Crippen LogP contribution is -2.17. The van der Waals surface area contributed by atoms with Gasteiger partial charge in [-0.05, 0) is 108 Å². The smallest absolute Gasteiger partial charge is 0.137 e. The molecule has 0 saturated carbocycles. The van der Waals surface area contributed by atoms with Crippen LogP contribution in [0.2, 0.25) is 0 Å². The normalized spacial score (nSPS) is 13.2. The number of hydrogen-bond donors (Lipinski definition) is 0. The number of fused-ring (bicyclic) bond motifs is 12. The predicted octanol–water partition coefficient (Wildman–Crippen LogP) is 16.0. The Labute approximate surface area is 344 Å². The number of hydrogen-bond acceptors (Lipinski definition) is 2. The number of benzene rings is 10. The first-order valence-electron chi connectivity index (χ1n) is 20.5. The highest BCUT2D eigenvalue weighted by Crippen LogP contribution is 2.57. The third kappa shape index (κ3) is 5.06. The Morgan fingerprint density at radius 3 is 1.86 bits per heavy atom. The van der Waals surface area contributed by atoms with Crippen LogP contribution in [0.15, 0.2) is 200 Å². The number of nitrogens with zero attached hydrogens (tertiary/aromatic N) is 1. The van der Waals surface area contributed by atoms with Crippen molar-refractivity contribution in [2.24, 2.45) is 0 Å². The third-order valence-corrected chi connectivity index (χ3v) is 12.8. The van der Waals surface area contributed by atoms with Crippen molar-refractivity contribution >= 4 is 49.4 Å². The summed E-state index contributed by atoms with van der Waals surface area (Å²) in [5.41, 5.74) is 15.2. The molecule has 0 amide bonds. The quantitative estimate of drug-likeness (QED) is 0.166. The van der Waals surface area contributed by atoms with E-state index < -0.39 is 0 Å². The van der Waals surface area contributed by atoms with Crippen LogP contribution in [0, 0.1) is 0 Å². The van der Waals surface area contributed by atoms with Gasteiger partial charge in [-0.3, -0.25) is 0 Å². The molecule has 10 aromatic carbocycles. The van der Waals surface area contributed by atoms with Gasteiger partial charge in [0.1, 0.15) is 11.5 Å². The average molecular weight is 754 g/mol. The van der Waals surface area contributed by atoms with Gasteiger partial charge >= 0.3 is 0 Å². The second-order valence-corrected chi connectivity index (χ2v) is 16.4. The lowest BCUT2D eigenvalue weighted by atomic mass is 9.82. The first-order chi connectivity index (χ1) is 29.0. The summed E-state index contributed by atoms with van der Waals surface area (Å²) in [5.74, 6) is 1.68. The van der Waals surface area contributed by atoms with E-state index in [9.17, 15) is 0 Å². The minimum absolute atomic E-state index is 0.174. The van der Waals surface area contributed by atoms with Crippen LogP contribution in [-0.2, 0) is 5.41 Å². The maximum Gasteiger partial charge on any atom is 0.137 e. The van der Waals surface area contributed by atoms with Gasteiger partial charge in [-0.1, -0.05) is 172 Å². The van der Waals surface area contributed by atoms with Crippen LogP contribution in [0.1, 0.15) is 25.0 Å². The van der Waals surface area contributed by atoms with E-state index in [1.54, 1.807) is 0 Å². The van der Waals surface area contributed by atoms with Gasteiger partial charge in [0.2, 0.25) is 0 Å². The molecule has 0 saturated heterocycles. The van der Waals surface area contributed by atoms with Crippen LogP contribution in [0.25, 0.3) is 76.8 Å². The van der Waals surface area contributed by atoms with E-state index in [1.807, 2.05) is 0 Å². The zero-order valence-electron chi connectivity index (χ0n) is 32.9. The largest absolute Gasteiger partial charge is 0.456 e. The van der Waals surface area contributed by atoms with Gasteiger partial charge in [0.15, 0.2) is 0 Å². The van der Waals surface area contributed by atoms with Crippen molar-refractivity contribution in [2.45, 2.75) is 19.3 Å². The van der Waals surface area contributed by atoms with Gasteiger partial charge < -0.3 is 9.64 Å². The van der Waals surface area contributed by atoms with Crippen LogP contribution in [0.5, 0.6) is 11.5 Å². The van der Waals surface area contributed by atoms with Crippen molar-refractivity contribution in [2.75, 3.05) is 4.90 Å². The van der Waals surface area contributed by atoms with E-state index in [1.165, 1.54) is 49.2 Å². The van der Waals surface area contributed by atoms with Crippen molar-refractivity contribution in [3.63, 3.8) is 0 Å². The summed E-state index contributed by atoms with van der Waals surface area (Å²) in [4.78, 5) is 2.51. The summed E-state index contributed by atoms with van der Waals surface area (Å²) in [6, 6.07) is 73.3. The summed E-state index contributed by atoms with van der Waals surface area (Å²) in [5, 5.41) is 7.19. The molecule has 0 fully saturated rings. The minimum atomic E-state index is -0.174. The molecule has 0 aromatic heterocycles. The standard InChI is InChI=1S/C57H39NO/c1-57(2)49-27-13-12-23-44(49)45-31-30-40(35-50(45)57)58(52-33-39-20-8-9-21-41(39)43-22-10-11-24-46(43)52)51-28-15-29-53-56(51)55-42(36-16-4-3-5-17-36)25-14-26-47(55)48-32-37-18-6-7-19-38(37)34-54(48)59-53/h3-35H,1-2H3. The highest BCUT2D eigenvalue weighted by atomic mass is 16.5. The molecule has 59 heavy (non-hydrogen) atoms. The van der Waals surface area contributed by atoms with Gasteiger partial charge in [-0.15, -0.1) is 0 Å². The number of rotatable bonds is 4. The molecular formula is C57H39NO. The molecule has 1 aliphatic carbocycles. The van der Waals surface area contributed by atoms with Crippen LogP contribution in [-0.4, -0.2) is 0 Å². The van der Waals surface area contributed by atoms with E-state index in [0.29, 0.717) is 0 Å². The molecule has 0 bridgehead atoms. The molecule has 10 aromatic rings. The summed E-state index contributed by atoms with van der Waals surface area (Å²) in [6.07, 6.45) is 0. The second-order valence-electron chi connectivity index (χ2n) is 16.4. The van der Waals surface area contributed by atoms with Crippen LogP contribution >= 0.6 is 0 Å². The zero-order chi connectivity index (χ0) is 39.2. The molecule has 0 spiro atoms. The van der Waals surface area contributed by atoms with E-state index in [0.717, 1.165) is 67.3 Å². The molecule has 2 nitrogen and oxygen atoms in total. The molecule has 1 aliphatic heterocycles. The van der Waals surface area contributed by atoms with E-state index in [4.69, 9.17) is 4.74 Å². The predicted molar refractivity (Wildman–Crippen MR) is 248 cm³/mol.